The average Bonchev–Trinajstić information content (AvgIpc) is 2.39. The minimum atomic E-state index is -3.12. The zero-order chi connectivity index (χ0) is 16.0. The van der Waals surface area contributed by atoms with Gasteiger partial charge in [0.05, 0.1) is 11.9 Å². The van der Waals surface area contributed by atoms with Gasteiger partial charge in [0.15, 0.2) is 0 Å². The van der Waals surface area contributed by atoms with Crippen molar-refractivity contribution in [2.24, 2.45) is 11.8 Å². The maximum absolute atomic E-state index is 12.3. The highest BCUT2D eigenvalue weighted by molar-refractivity contribution is 7.89. The third-order valence-corrected chi connectivity index (χ3v) is 6.50. The number of β-amino-alcohol motifs (C(OH)–C–C–N with tert-alkyl or cyclic N) is 1. The molecule has 0 aliphatic carbocycles. The highest BCUT2D eigenvalue weighted by atomic mass is 32.2. The topological polar surface area (TPSA) is 60.9 Å². The van der Waals surface area contributed by atoms with Crippen LogP contribution in [0.3, 0.4) is 0 Å². The van der Waals surface area contributed by atoms with Crippen LogP contribution < -0.4 is 0 Å². The SMILES string of the molecule is CC[C@@H](C)CS(=O)(=O)N(C)CC1CCN(C[C@H](C)O)CC1. The van der Waals surface area contributed by atoms with E-state index in [0.29, 0.717) is 12.5 Å². The number of nitrogens with zero attached hydrogens (tertiary/aromatic N) is 2. The van der Waals surface area contributed by atoms with Crippen LogP contribution in [0.2, 0.25) is 0 Å². The number of aliphatic hydroxyl groups is 1. The molecule has 1 aliphatic heterocycles. The van der Waals surface area contributed by atoms with E-state index in [-0.39, 0.29) is 17.8 Å². The minimum Gasteiger partial charge on any atom is -0.392 e. The standard InChI is InChI=1S/C15H32N2O3S/c1-5-13(2)12-21(19,20)16(4)11-15-6-8-17(9-7-15)10-14(3)18/h13-15,18H,5-12H2,1-4H3/t13-,14+/m1/s1. The lowest BCUT2D eigenvalue weighted by molar-refractivity contribution is 0.0972. The monoisotopic (exact) mass is 320 g/mol. The number of aliphatic hydroxyl groups excluding tert-OH is 1. The van der Waals surface area contributed by atoms with Gasteiger partial charge < -0.3 is 10.0 Å². The van der Waals surface area contributed by atoms with Crippen LogP contribution in [-0.2, 0) is 10.0 Å². The van der Waals surface area contributed by atoms with Gasteiger partial charge in [-0.15, -0.1) is 0 Å². The first-order valence-corrected chi connectivity index (χ1v) is 9.70. The van der Waals surface area contributed by atoms with Crippen LogP contribution in [0.5, 0.6) is 0 Å². The summed E-state index contributed by atoms with van der Waals surface area (Å²) in [6.07, 6.45) is 2.62. The minimum absolute atomic E-state index is 0.213. The van der Waals surface area contributed by atoms with E-state index < -0.39 is 10.0 Å². The van der Waals surface area contributed by atoms with Gasteiger partial charge in [-0.1, -0.05) is 20.3 Å². The molecule has 0 spiro atoms. The fourth-order valence-electron chi connectivity index (χ4n) is 2.81. The predicted molar refractivity (Wildman–Crippen MR) is 86.7 cm³/mol. The van der Waals surface area contributed by atoms with Crippen molar-refractivity contribution in [3.8, 4) is 0 Å². The van der Waals surface area contributed by atoms with E-state index in [9.17, 15) is 13.5 Å². The lowest BCUT2D eigenvalue weighted by Crippen LogP contribution is -2.42. The number of rotatable bonds is 8. The summed E-state index contributed by atoms with van der Waals surface area (Å²) in [5.74, 6) is 0.901. The van der Waals surface area contributed by atoms with E-state index in [1.807, 2.05) is 13.8 Å². The smallest absolute Gasteiger partial charge is 0.214 e. The lowest BCUT2D eigenvalue weighted by Gasteiger charge is -2.34. The third-order valence-electron chi connectivity index (χ3n) is 4.41. The molecule has 0 radical (unpaired) electrons. The van der Waals surface area contributed by atoms with Crippen LogP contribution in [0.25, 0.3) is 0 Å². The van der Waals surface area contributed by atoms with Crippen molar-refractivity contribution in [1.29, 1.82) is 0 Å². The average molecular weight is 320 g/mol. The molecule has 2 atom stereocenters. The highest BCUT2D eigenvalue weighted by Gasteiger charge is 2.26. The lowest BCUT2D eigenvalue weighted by atomic mass is 9.97. The van der Waals surface area contributed by atoms with Crippen molar-refractivity contribution >= 4 is 10.0 Å². The second kappa shape index (κ2) is 8.46. The first-order chi connectivity index (χ1) is 9.74. The summed E-state index contributed by atoms with van der Waals surface area (Å²) in [6, 6.07) is 0. The number of hydrogen-bond acceptors (Lipinski definition) is 4. The number of sulfonamides is 1. The summed E-state index contributed by atoms with van der Waals surface area (Å²) in [6.45, 7) is 9.07. The molecule has 1 N–H and O–H groups in total. The van der Waals surface area contributed by atoms with Crippen molar-refractivity contribution in [2.45, 2.75) is 46.1 Å². The highest BCUT2D eigenvalue weighted by Crippen LogP contribution is 2.20. The number of likely N-dealkylation sites (tertiary alicyclic amines) is 1. The maximum atomic E-state index is 12.3. The van der Waals surface area contributed by atoms with Crippen LogP contribution in [0.1, 0.15) is 40.0 Å². The second-order valence-corrected chi connectivity index (χ2v) is 8.79. The van der Waals surface area contributed by atoms with E-state index in [1.54, 1.807) is 18.3 Å². The summed E-state index contributed by atoms with van der Waals surface area (Å²) in [5, 5.41) is 9.40. The fraction of sp³-hybridized carbons (Fsp3) is 1.00. The molecule has 126 valence electrons. The molecule has 0 saturated carbocycles. The van der Waals surface area contributed by atoms with Crippen LogP contribution in [0.4, 0.5) is 0 Å². The van der Waals surface area contributed by atoms with Gasteiger partial charge in [0.1, 0.15) is 0 Å². The maximum Gasteiger partial charge on any atom is 0.214 e. The molecule has 0 aromatic heterocycles. The Labute approximate surface area is 130 Å². The largest absolute Gasteiger partial charge is 0.392 e. The summed E-state index contributed by atoms with van der Waals surface area (Å²) < 4.78 is 26.1. The molecule has 0 aromatic carbocycles. The molecule has 0 aromatic rings. The first-order valence-electron chi connectivity index (χ1n) is 8.09. The summed E-state index contributed by atoms with van der Waals surface area (Å²) in [4.78, 5) is 2.26. The zero-order valence-electron chi connectivity index (χ0n) is 14.0. The van der Waals surface area contributed by atoms with Crippen LogP contribution in [0.15, 0.2) is 0 Å². The van der Waals surface area contributed by atoms with E-state index in [2.05, 4.69) is 4.90 Å². The van der Waals surface area contributed by atoms with Gasteiger partial charge in [-0.05, 0) is 44.7 Å². The molecule has 1 heterocycles. The Kier molecular flexibility index (Phi) is 7.60. The van der Waals surface area contributed by atoms with Gasteiger partial charge in [-0.25, -0.2) is 12.7 Å². The molecule has 21 heavy (non-hydrogen) atoms. The molecule has 0 bridgehead atoms. The van der Waals surface area contributed by atoms with Gasteiger partial charge in [0, 0.05) is 20.1 Å². The van der Waals surface area contributed by atoms with Gasteiger partial charge >= 0.3 is 0 Å². The first kappa shape index (κ1) is 18.9. The van der Waals surface area contributed by atoms with E-state index >= 15 is 0 Å². The van der Waals surface area contributed by atoms with Crippen LogP contribution in [0, 0.1) is 11.8 Å². The number of piperidine rings is 1. The molecule has 1 aliphatic rings. The van der Waals surface area contributed by atoms with Crippen LogP contribution in [-0.4, -0.2) is 67.8 Å². The van der Waals surface area contributed by atoms with Crippen molar-refractivity contribution in [1.82, 2.24) is 9.21 Å². The number of hydrogen-bond donors (Lipinski definition) is 1. The second-order valence-electron chi connectivity index (χ2n) is 6.67. The van der Waals surface area contributed by atoms with E-state index in [1.165, 1.54) is 0 Å². The molecule has 0 unspecified atom stereocenters. The normalized spacial score (nSPS) is 21.6. The molecule has 5 nitrogen and oxygen atoms in total. The Morgan fingerprint density at radius 3 is 2.33 bits per heavy atom. The van der Waals surface area contributed by atoms with Crippen molar-refractivity contribution in [2.75, 3.05) is 39.0 Å². The van der Waals surface area contributed by atoms with Gasteiger partial charge in [-0.2, -0.15) is 0 Å². The van der Waals surface area contributed by atoms with E-state index in [4.69, 9.17) is 0 Å². The van der Waals surface area contributed by atoms with Gasteiger partial charge in [0.25, 0.3) is 0 Å². The molecule has 1 fully saturated rings. The van der Waals surface area contributed by atoms with Crippen LogP contribution >= 0.6 is 0 Å². The summed E-state index contributed by atoms with van der Waals surface area (Å²) in [7, 11) is -1.42. The molecule has 1 saturated heterocycles. The Balaban J connectivity index is 2.41. The van der Waals surface area contributed by atoms with Crippen molar-refractivity contribution < 1.29 is 13.5 Å². The Hall–Kier alpha value is -0.170. The molecular formula is C15H32N2O3S. The predicted octanol–water partition coefficient (Wildman–Crippen LogP) is 1.39. The molecule has 6 heteroatoms. The Bertz CT molecular complexity index is 390. The molecule has 0 amide bonds. The summed E-state index contributed by atoms with van der Waals surface area (Å²) in [5.41, 5.74) is 0. The third kappa shape index (κ3) is 6.63. The van der Waals surface area contributed by atoms with E-state index in [0.717, 1.165) is 38.9 Å². The van der Waals surface area contributed by atoms with Crippen molar-refractivity contribution in [3.05, 3.63) is 0 Å². The Morgan fingerprint density at radius 2 is 1.86 bits per heavy atom. The van der Waals surface area contributed by atoms with Gasteiger partial charge in [-0.3, -0.25) is 0 Å². The van der Waals surface area contributed by atoms with Crippen molar-refractivity contribution in [3.63, 3.8) is 0 Å². The quantitative estimate of drug-likeness (QED) is 0.734. The fourth-order valence-corrected chi connectivity index (χ4v) is 4.45. The van der Waals surface area contributed by atoms with Gasteiger partial charge in [0.2, 0.25) is 10.0 Å². The Morgan fingerprint density at radius 1 is 1.29 bits per heavy atom. The molecular weight excluding hydrogens is 288 g/mol. The molecule has 1 rings (SSSR count). The summed E-state index contributed by atoms with van der Waals surface area (Å²) >= 11 is 0. The zero-order valence-corrected chi connectivity index (χ0v) is 14.8.